The van der Waals surface area contributed by atoms with Gasteiger partial charge in [-0.05, 0) is 24.5 Å². The van der Waals surface area contributed by atoms with Crippen LogP contribution >= 0.6 is 0 Å². The molecule has 1 heterocycles. The van der Waals surface area contributed by atoms with Gasteiger partial charge >= 0.3 is 0 Å². The second-order valence-corrected chi connectivity index (χ2v) is 4.19. The lowest BCUT2D eigenvalue weighted by molar-refractivity contribution is 0.149. The van der Waals surface area contributed by atoms with Crippen molar-refractivity contribution in [3.05, 3.63) is 30.1 Å². The minimum absolute atomic E-state index is 0.250. The molecule has 2 atom stereocenters. The SMILES string of the molecule is COCC(C)CC(Cc1ccccn1)NN. The van der Waals surface area contributed by atoms with Crippen molar-refractivity contribution in [1.29, 1.82) is 0 Å². The molecule has 0 aromatic carbocycles. The zero-order valence-electron chi connectivity index (χ0n) is 10.0. The highest BCUT2D eigenvalue weighted by atomic mass is 16.5. The summed E-state index contributed by atoms with van der Waals surface area (Å²) in [5.74, 6) is 6.04. The molecule has 2 unspecified atom stereocenters. The maximum atomic E-state index is 5.55. The van der Waals surface area contributed by atoms with Gasteiger partial charge in [-0.2, -0.15) is 0 Å². The summed E-state index contributed by atoms with van der Waals surface area (Å²) in [6.45, 7) is 2.92. The van der Waals surface area contributed by atoms with Crippen LogP contribution in [0, 0.1) is 5.92 Å². The summed E-state index contributed by atoms with van der Waals surface area (Å²) in [5, 5.41) is 0. The van der Waals surface area contributed by atoms with Crippen LogP contribution in [0.2, 0.25) is 0 Å². The first kappa shape index (κ1) is 13.1. The van der Waals surface area contributed by atoms with Gasteiger partial charge in [-0.15, -0.1) is 0 Å². The van der Waals surface area contributed by atoms with Gasteiger partial charge in [0.1, 0.15) is 0 Å². The molecule has 0 saturated heterocycles. The van der Waals surface area contributed by atoms with E-state index in [1.165, 1.54) is 0 Å². The summed E-state index contributed by atoms with van der Waals surface area (Å²) in [6, 6.07) is 6.18. The van der Waals surface area contributed by atoms with Gasteiger partial charge in [-0.3, -0.25) is 16.3 Å². The van der Waals surface area contributed by atoms with Crippen LogP contribution in [0.25, 0.3) is 0 Å². The fraction of sp³-hybridized carbons (Fsp3) is 0.583. The largest absolute Gasteiger partial charge is 0.384 e. The molecule has 0 aliphatic heterocycles. The third kappa shape index (κ3) is 4.70. The number of rotatable bonds is 7. The first-order valence-corrected chi connectivity index (χ1v) is 5.61. The molecule has 0 aliphatic rings. The first-order chi connectivity index (χ1) is 7.76. The number of nitrogens with one attached hydrogen (secondary N) is 1. The Hall–Kier alpha value is -0.970. The first-order valence-electron chi connectivity index (χ1n) is 5.61. The summed E-state index contributed by atoms with van der Waals surface area (Å²) < 4.78 is 5.11. The van der Waals surface area contributed by atoms with E-state index in [2.05, 4.69) is 17.3 Å². The van der Waals surface area contributed by atoms with E-state index in [4.69, 9.17) is 10.6 Å². The van der Waals surface area contributed by atoms with Gasteiger partial charge in [0, 0.05) is 38.1 Å². The summed E-state index contributed by atoms with van der Waals surface area (Å²) in [4.78, 5) is 4.29. The van der Waals surface area contributed by atoms with Crippen molar-refractivity contribution >= 4 is 0 Å². The molecule has 16 heavy (non-hydrogen) atoms. The molecule has 1 aromatic rings. The molecule has 90 valence electrons. The minimum atomic E-state index is 0.250. The highest BCUT2D eigenvalue weighted by molar-refractivity contribution is 5.05. The Kier molecular flexibility index (Phi) is 6.00. The standard InChI is InChI=1S/C12H21N3O/c1-10(9-16-2)7-12(15-13)8-11-5-3-4-6-14-11/h3-6,10,12,15H,7-9,13H2,1-2H3. The molecule has 0 amide bonds. The van der Waals surface area contributed by atoms with E-state index in [1.54, 1.807) is 7.11 Å². The van der Waals surface area contributed by atoms with Crippen LogP contribution in [-0.4, -0.2) is 24.7 Å². The fourth-order valence-corrected chi connectivity index (χ4v) is 1.82. The van der Waals surface area contributed by atoms with Crippen LogP contribution in [-0.2, 0) is 11.2 Å². The molecule has 0 radical (unpaired) electrons. The topological polar surface area (TPSA) is 60.2 Å². The Bertz CT molecular complexity index is 279. The van der Waals surface area contributed by atoms with Crippen molar-refractivity contribution in [3.8, 4) is 0 Å². The van der Waals surface area contributed by atoms with Crippen LogP contribution in [0.4, 0.5) is 0 Å². The fourth-order valence-electron chi connectivity index (χ4n) is 1.82. The number of methoxy groups -OCH3 is 1. The van der Waals surface area contributed by atoms with Crippen molar-refractivity contribution in [2.24, 2.45) is 11.8 Å². The number of hydrogen-bond donors (Lipinski definition) is 2. The lowest BCUT2D eigenvalue weighted by atomic mass is 9.99. The van der Waals surface area contributed by atoms with Crippen molar-refractivity contribution in [3.63, 3.8) is 0 Å². The number of pyridine rings is 1. The summed E-state index contributed by atoms with van der Waals surface area (Å²) in [5.41, 5.74) is 3.91. The predicted octanol–water partition coefficient (Wildman–Crippen LogP) is 1.13. The summed E-state index contributed by atoms with van der Waals surface area (Å²) in [6.07, 6.45) is 3.65. The molecule has 4 heteroatoms. The maximum Gasteiger partial charge on any atom is 0.0488 e. The van der Waals surface area contributed by atoms with Gasteiger partial charge in [-0.25, -0.2) is 0 Å². The molecule has 0 fully saturated rings. The molecule has 1 aromatic heterocycles. The molecular weight excluding hydrogens is 202 g/mol. The van der Waals surface area contributed by atoms with E-state index in [0.717, 1.165) is 25.1 Å². The average molecular weight is 223 g/mol. The van der Waals surface area contributed by atoms with Crippen molar-refractivity contribution in [2.45, 2.75) is 25.8 Å². The summed E-state index contributed by atoms with van der Waals surface area (Å²) >= 11 is 0. The lowest BCUT2D eigenvalue weighted by Gasteiger charge is -2.19. The monoisotopic (exact) mass is 223 g/mol. The second-order valence-electron chi connectivity index (χ2n) is 4.19. The Morgan fingerprint density at radius 2 is 2.31 bits per heavy atom. The maximum absolute atomic E-state index is 5.55. The van der Waals surface area contributed by atoms with Crippen molar-refractivity contribution in [1.82, 2.24) is 10.4 Å². The molecule has 0 bridgehead atoms. The number of aromatic nitrogens is 1. The number of hydrazine groups is 1. The smallest absolute Gasteiger partial charge is 0.0488 e. The summed E-state index contributed by atoms with van der Waals surface area (Å²) in [7, 11) is 1.72. The van der Waals surface area contributed by atoms with E-state index in [9.17, 15) is 0 Å². The third-order valence-electron chi connectivity index (χ3n) is 2.56. The zero-order valence-corrected chi connectivity index (χ0v) is 10.0. The van der Waals surface area contributed by atoms with E-state index in [1.807, 2.05) is 24.4 Å². The van der Waals surface area contributed by atoms with Crippen LogP contribution in [0.15, 0.2) is 24.4 Å². The van der Waals surface area contributed by atoms with Gasteiger partial charge < -0.3 is 4.74 Å². The number of nitrogens with zero attached hydrogens (tertiary/aromatic N) is 1. The molecule has 0 spiro atoms. The van der Waals surface area contributed by atoms with Crippen LogP contribution in [0.1, 0.15) is 19.0 Å². The van der Waals surface area contributed by atoms with E-state index in [0.29, 0.717) is 5.92 Å². The molecule has 0 aliphatic carbocycles. The quantitative estimate of drug-likeness (QED) is 0.537. The molecular formula is C12H21N3O. The normalized spacial score (nSPS) is 14.7. The lowest BCUT2D eigenvalue weighted by Crippen LogP contribution is -2.38. The van der Waals surface area contributed by atoms with Gasteiger partial charge in [0.2, 0.25) is 0 Å². The van der Waals surface area contributed by atoms with E-state index in [-0.39, 0.29) is 6.04 Å². The van der Waals surface area contributed by atoms with Crippen LogP contribution in [0.5, 0.6) is 0 Å². The van der Waals surface area contributed by atoms with Crippen LogP contribution < -0.4 is 11.3 Å². The highest BCUT2D eigenvalue weighted by Gasteiger charge is 2.12. The van der Waals surface area contributed by atoms with E-state index >= 15 is 0 Å². The van der Waals surface area contributed by atoms with Crippen molar-refractivity contribution in [2.75, 3.05) is 13.7 Å². The van der Waals surface area contributed by atoms with Crippen LogP contribution in [0.3, 0.4) is 0 Å². The Balaban J connectivity index is 2.43. The van der Waals surface area contributed by atoms with Gasteiger partial charge in [0.15, 0.2) is 0 Å². The second kappa shape index (κ2) is 7.33. The number of nitrogens with two attached hydrogens (primary N) is 1. The zero-order chi connectivity index (χ0) is 11.8. The molecule has 4 nitrogen and oxygen atoms in total. The molecule has 0 saturated carbocycles. The molecule has 3 N–H and O–H groups in total. The predicted molar refractivity (Wildman–Crippen MR) is 64.7 cm³/mol. The third-order valence-corrected chi connectivity index (χ3v) is 2.56. The Morgan fingerprint density at radius 1 is 1.50 bits per heavy atom. The minimum Gasteiger partial charge on any atom is -0.384 e. The highest BCUT2D eigenvalue weighted by Crippen LogP contribution is 2.09. The molecule has 1 rings (SSSR count). The van der Waals surface area contributed by atoms with E-state index < -0.39 is 0 Å². The number of ether oxygens (including phenoxy) is 1. The Morgan fingerprint density at radius 3 is 2.88 bits per heavy atom. The average Bonchev–Trinajstić information content (AvgIpc) is 2.30. The Labute approximate surface area is 97.2 Å². The number of hydrogen-bond acceptors (Lipinski definition) is 4. The van der Waals surface area contributed by atoms with Gasteiger partial charge in [0.05, 0.1) is 0 Å². The van der Waals surface area contributed by atoms with Gasteiger partial charge in [-0.1, -0.05) is 13.0 Å². The van der Waals surface area contributed by atoms with Crippen molar-refractivity contribution < 1.29 is 4.74 Å². The van der Waals surface area contributed by atoms with Gasteiger partial charge in [0.25, 0.3) is 0 Å².